The fraction of sp³-hybridized carbons (Fsp3) is 0.176. The van der Waals surface area contributed by atoms with Crippen molar-refractivity contribution in [2.75, 3.05) is 11.9 Å². The maximum Gasteiger partial charge on any atom is 0.411 e. The molecule has 22 heavy (non-hydrogen) atoms. The number of nitrogens with one attached hydrogen (secondary N) is 1. The topological polar surface area (TPSA) is 71.3 Å². The summed E-state index contributed by atoms with van der Waals surface area (Å²) in [5, 5.41) is 11.4. The van der Waals surface area contributed by atoms with Crippen LogP contribution in [0.15, 0.2) is 48.5 Å². The van der Waals surface area contributed by atoms with E-state index < -0.39 is 6.09 Å². The fourth-order valence-corrected chi connectivity index (χ4v) is 1.79. The molecule has 0 saturated heterocycles. The van der Waals surface area contributed by atoms with E-state index in [-0.39, 0.29) is 0 Å². The molecule has 2 aromatic rings. The smallest absolute Gasteiger partial charge is 0.411 e. The Kier molecular flexibility index (Phi) is 5.38. The third-order valence-corrected chi connectivity index (χ3v) is 2.84. The van der Waals surface area contributed by atoms with E-state index in [1.54, 1.807) is 43.3 Å². The van der Waals surface area contributed by atoms with Crippen molar-refractivity contribution in [2.24, 2.45) is 0 Å². The summed E-state index contributed by atoms with van der Waals surface area (Å²) < 4.78 is 10.5. The van der Waals surface area contributed by atoms with Gasteiger partial charge in [0.15, 0.2) is 0 Å². The second-order valence-corrected chi connectivity index (χ2v) is 4.47. The van der Waals surface area contributed by atoms with Crippen LogP contribution in [0.2, 0.25) is 0 Å². The standard InChI is InChI=1S/C17H16N2O3/c1-2-21-17(20)19-15-4-3-5-16(10-15)22-12-14-8-6-13(11-18)7-9-14/h3-10H,2,12H2,1H3,(H,19,20). The normalized spacial score (nSPS) is 9.64. The molecule has 0 fully saturated rings. The van der Waals surface area contributed by atoms with Gasteiger partial charge < -0.3 is 9.47 Å². The van der Waals surface area contributed by atoms with Crippen LogP contribution in [0.1, 0.15) is 18.1 Å². The Morgan fingerprint density at radius 2 is 2.00 bits per heavy atom. The molecule has 0 heterocycles. The van der Waals surface area contributed by atoms with E-state index in [0.29, 0.717) is 30.2 Å². The average Bonchev–Trinajstić information content (AvgIpc) is 2.54. The molecule has 1 N–H and O–H groups in total. The number of benzene rings is 2. The van der Waals surface area contributed by atoms with Crippen LogP contribution in [-0.2, 0) is 11.3 Å². The zero-order valence-electron chi connectivity index (χ0n) is 12.2. The third-order valence-electron chi connectivity index (χ3n) is 2.84. The van der Waals surface area contributed by atoms with Crippen LogP contribution in [0.5, 0.6) is 5.75 Å². The summed E-state index contributed by atoms with van der Waals surface area (Å²) in [4.78, 5) is 11.4. The molecule has 0 unspecified atom stereocenters. The molecule has 5 heteroatoms. The van der Waals surface area contributed by atoms with Gasteiger partial charge >= 0.3 is 6.09 Å². The molecule has 2 aromatic carbocycles. The van der Waals surface area contributed by atoms with Gasteiger partial charge in [-0.05, 0) is 36.8 Å². The zero-order chi connectivity index (χ0) is 15.8. The summed E-state index contributed by atoms with van der Waals surface area (Å²) >= 11 is 0. The van der Waals surface area contributed by atoms with Gasteiger partial charge in [-0.1, -0.05) is 18.2 Å². The molecule has 0 radical (unpaired) electrons. The molecule has 2 rings (SSSR count). The van der Waals surface area contributed by atoms with Gasteiger partial charge in [0.25, 0.3) is 0 Å². The van der Waals surface area contributed by atoms with Crippen molar-refractivity contribution in [1.82, 2.24) is 0 Å². The van der Waals surface area contributed by atoms with Gasteiger partial charge in [-0.25, -0.2) is 4.79 Å². The highest BCUT2D eigenvalue weighted by Crippen LogP contribution is 2.19. The van der Waals surface area contributed by atoms with Crippen LogP contribution in [-0.4, -0.2) is 12.7 Å². The SMILES string of the molecule is CCOC(=O)Nc1cccc(OCc2ccc(C#N)cc2)c1. The minimum absolute atomic E-state index is 0.320. The van der Waals surface area contributed by atoms with Gasteiger partial charge in [0, 0.05) is 11.8 Å². The molecular weight excluding hydrogens is 280 g/mol. The van der Waals surface area contributed by atoms with E-state index in [1.165, 1.54) is 0 Å². The summed E-state index contributed by atoms with van der Waals surface area (Å²) in [5.41, 5.74) is 2.18. The van der Waals surface area contributed by atoms with E-state index in [1.807, 2.05) is 12.1 Å². The molecule has 1 amide bonds. The van der Waals surface area contributed by atoms with Crippen LogP contribution >= 0.6 is 0 Å². The minimum atomic E-state index is -0.494. The summed E-state index contributed by atoms with van der Waals surface area (Å²) in [6, 6.07) is 16.3. The molecule has 0 aliphatic heterocycles. The Hall–Kier alpha value is -3.00. The van der Waals surface area contributed by atoms with E-state index in [4.69, 9.17) is 14.7 Å². The zero-order valence-corrected chi connectivity index (χ0v) is 12.2. The van der Waals surface area contributed by atoms with Crippen LogP contribution < -0.4 is 10.1 Å². The van der Waals surface area contributed by atoms with E-state index in [2.05, 4.69) is 11.4 Å². The molecule has 112 valence electrons. The van der Waals surface area contributed by atoms with Gasteiger partial charge in [-0.3, -0.25) is 5.32 Å². The lowest BCUT2D eigenvalue weighted by molar-refractivity contribution is 0.168. The number of nitrogens with zero attached hydrogens (tertiary/aromatic N) is 1. The Labute approximate surface area is 129 Å². The molecule has 0 atom stereocenters. The molecule has 0 aromatic heterocycles. The molecule has 0 saturated carbocycles. The van der Waals surface area contributed by atoms with E-state index in [9.17, 15) is 4.79 Å². The van der Waals surface area contributed by atoms with Crippen LogP contribution in [0.3, 0.4) is 0 Å². The second-order valence-electron chi connectivity index (χ2n) is 4.47. The lowest BCUT2D eigenvalue weighted by Crippen LogP contribution is -2.13. The first-order chi connectivity index (χ1) is 10.7. The molecular formula is C17H16N2O3. The van der Waals surface area contributed by atoms with Crippen LogP contribution in [0.4, 0.5) is 10.5 Å². The fourth-order valence-electron chi connectivity index (χ4n) is 1.79. The Morgan fingerprint density at radius 1 is 1.23 bits per heavy atom. The monoisotopic (exact) mass is 296 g/mol. The number of nitriles is 1. The van der Waals surface area contributed by atoms with E-state index in [0.717, 1.165) is 5.56 Å². The van der Waals surface area contributed by atoms with Gasteiger partial charge in [-0.15, -0.1) is 0 Å². The van der Waals surface area contributed by atoms with Crippen LogP contribution in [0, 0.1) is 11.3 Å². The summed E-state index contributed by atoms with van der Waals surface area (Å²) in [5.74, 6) is 0.638. The molecule has 0 aliphatic carbocycles. The van der Waals surface area contributed by atoms with Crippen molar-refractivity contribution in [1.29, 1.82) is 5.26 Å². The Balaban J connectivity index is 1.95. The number of carbonyl (C=O) groups is 1. The first-order valence-electron chi connectivity index (χ1n) is 6.87. The predicted octanol–water partition coefficient (Wildman–Crippen LogP) is 3.71. The predicted molar refractivity (Wildman–Crippen MR) is 82.6 cm³/mol. The minimum Gasteiger partial charge on any atom is -0.489 e. The number of anilines is 1. The highest BCUT2D eigenvalue weighted by atomic mass is 16.5. The van der Waals surface area contributed by atoms with Gasteiger partial charge in [0.2, 0.25) is 0 Å². The van der Waals surface area contributed by atoms with Crippen molar-refractivity contribution in [3.63, 3.8) is 0 Å². The molecule has 0 aliphatic rings. The molecule has 5 nitrogen and oxygen atoms in total. The lowest BCUT2D eigenvalue weighted by Gasteiger charge is -2.09. The maximum atomic E-state index is 11.4. The number of hydrogen-bond acceptors (Lipinski definition) is 4. The number of hydrogen-bond donors (Lipinski definition) is 1. The summed E-state index contributed by atoms with van der Waals surface area (Å²) in [6.07, 6.45) is -0.494. The molecule has 0 spiro atoms. The van der Waals surface area contributed by atoms with Crippen molar-refractivity contribution >= 4 is 11.8 Å². The second kappa shape index (κ2) is 7.70. The maximum absolute atomic E-state index is 11.4. The Morgan fingerprint density at radius 3 is 2.68 bits per heavy atom. The summed E-state index contributed by atoms with van der Waals surface area (Å²) in [6.45, 7) is 2.45. The number of rotatable bonds is 5. The van der Waals surface area contributed by atoms with Gasteiger partial charge in [0.05, 0.1) is 18.2 Å². The van der Waals surface area contributed by atoms with Crippen LogP contribution in [0.25, 0.3) is 0 Å². The number of amides is 1. The lowest BCUT2D eigenvalue weighted by atomic mass is 10.1. The van der Waals surface area contributed by atoms with Gasteiger partial charge in [-0.2, -0.15) is 5.26 Å². The van der Waals surface area contributed by atoms with Crippen molar-refractivity contribution in [2.45, 2.75) is 13.5 Å². The molecule has 0 bridgehead atoms. The number of carbonyl (C=O) groups excluding carboxylic acids is 1. The van der Waals surface area contributed by atoms with E-state index >= 15 is 0 Å². The van der Waals surface area contributed by atoms with Crippen molar-refractivity contribution in [3.05, 3.63) is 59.7 Å². The largest absolute Gasteiger partial charge is 0.489 e. The highest BCUT2D eigenvalue weighted by molar-refractivity contribution is 5.84. The Bertz CT molecular complexity index is 675. The third kappa shape index (κ3) is 4.53. The van der Waals surface area contributed by atoms with Gasteiger partial charge in [0.1, 0.15) is 12.4 Å². The summed E-state index contributed by atoms with van der Waals surface area (Å²) in [7, 11) is 0. The number of ether oxygens (including phenoxy) is 2. The average molecular weight is 296 g/mol. The quantitative estimate of drug-likeness (QED) is 0.913. The first-order valence-corrected chi connectivity index (χ1v) is 6.87. The van der Waals surface area contributed by atoms with Crippen molar-refractivity contribution < 1.29 is 14.3 Å². The highest BCUT2D eigenvalue weighted by Gasteiger charge is 2.03. The first kappa shape index (κ1) is 15.4. The van der Waals surface area contributed by atoms with Crippen molar-refractivity contribution in [3.8, 4) is 11.8 Å².